The number of hydrogen-bond acceptors (Lipinski definition) is 5. The third kappa shape index (κ3) is 5.02. The number of ether oxygens (including phenoxy) is 2. The summed E-state index contributed by atoms with van der Waals surface area (Å²) < 4.78 is 44.7. The van der Waals surface area contributed by atoms with Gasteiger partial charge in [-0.05, 0) is 13.8 Å². The quantitative estimate of drug-likeness (QED) is 0.569. The van der Waals surface area contributed by atoms with Crippen LogP contribution in [-0.2, 0) is 23.9 Å². The first-order valence-corrected chi connectivity index (χ1v) is 4.95. The van der Waals surface area contributed by atoms with Gasteiger partial charge in [-0.3, -0.25) is 4.79 Å². The van der Waals surface area contributed by atoms with E-state index < -0.39 is 30.1 Å². The van der Waals surface area contributed by atoms with E-state index in [1.54, 1.807) is 0 Å². The van der Waals surface area contributed by atoms with Crippen molar-refractivity contribution in [3.8, 4) is 0 Å². The summed E-state index contributed by atoms with van der Waals surface area (Å²) in [6, 6.07) is -2.13. The highest BCUT2D eigenvalue weighted by Crippen LogP contribution is 2.14. The molecule has 0 aromatic heterocycles. The van der Waals surface area contributed by atoms with E-state index in [4.69, 9.17) is 0 Å². The largest absolute Gasteiger partial charge is 0.471 e. The molecule has 0 radical (unpaired) electrons. The second kappa shape index (κ2) is 6.82. The maximum atomic E-state index is 12.0. The molecule has 104 valence electrons. The summed E-state index contributed by atoms with van der Waals surface area (Å²) in [7, 11) is 0. The predicted molar refractivity (Wildman–Crippen MR) is 51.3 cm³/mol. The zero-order valence-electron chi connectivity index (χ0n) is 9.67. The maximum Gasteiger partial charge on any atom is 0.471 e. The molecule has 6 nitrogen and oxygen atoms in total. The average Bonchev–Trinajstić information content (AvgIpc) is 2.24. The molecule has 0 aromatic rings. The van der Waals surface area contributed by atoms with Gasteiger partial charge in [0.05, 0.1) is 13.2 Å². The minimum absolute atomic E-state index is 0.156. The van der Waals surface area contributed by atoms with Gasteiger partial charge in [0.2, 0.25) is 6.04 Å². The fourth-order valence-electron chi connectivity index (χ4n) is 0.878. The Morgan fingerprint density at radius 3 is 1.72 bits per heavy atom. The number of carbonyl (C=O) groups excluding carboxylic acids is 3. The molecule has 0 atom stereocenters. The number of halogens is 3. The molecule has 0 saturated heterocycles. The molecule has 18 heavy (non-hydrogen) atoms. The molecule has 1 N–H and O–H groups in total. The van der Waals surface area contributed by atoms with Gasteiger partial charge in [0, 0.05) is 0 Å². The van der Waals surface area contributed by atoms with E-state index in [1.165, 1.54) is 19.2 Å². The second-order valence-electron chi connectivity index (χ2n) is 2.91. The first-order valence-electron chi connectivity index (χ1n) is 4.95. The summed E-state index contributed by atoms with van der Waals surface area (Å²) in [6.07, 6.45) is -5.21. The minimum atomic E-state index is -5.21. The van der Waals surface area contributed by atoms with Crippen LogP contribution in [0.4, 0.5) is 13.2 Å². The van der Waals surface area contributed by atoms with Crippen LogP contribution in [0.15, 0.2) is 0 Å². The van der Waals surface area contributed by atoms with Crippen LogP contribution in [0.2, 0.25) is 0 Å². The SMILES string of the molecule is CCOC(=O)C(NC(=O)C(F)(F)F)C(=O)OCC. The molecule has 0 aliphatic rings. The normalized spacial score (nSPS) is 11.0. The Bertz CT molecular complexity index is 311. The van der Waals surface area contributed by atoms with Crippen LogP contribution >= 0.6 is 0 Å². The average molecular weight is 271 g/mol. The first-order chi connectivity index (χ1) is 8.23. The van der Waals surface area contributed by atoms with E-state index >= 15 is 0 Å². The Kier molecular flexibility index (Phi) is 6.14. The fraction of sp³-hybridized carbons (Fsp3) is 0.667. The van der Waals surface area contributed by atoms with E-state index in [2.05, 4.69) is 9.47 Å². The van der Waals surface area contributed by atoms with Crippen molar-refractivity contribution in [2.45, 2.75) is 26.1 Å². The minimum Gasteiger partial charge on any atom is -0.464 e. The van der Waals surface area contributed by atoms with Crippen molar-refractivity contribution in [2.24, 2.45) is 0 Å². The molecule has 0 fully saturated rings. The molecule has 0 spiro atoms. The molecule has 0 saturated carbocycles. The lowest BCUT2D eigenvalue weighted by atomic mass is 10.3. The number of hydrogen-bond donors (Lipinski definition) is 1. The Morgan fingerprint density at radius 1 is 1.06 bits per heavy atom. The molecule has 0 aliphatic carbocycles. The van der Waals surface area contributed by atoms with Crippen LogP contribution in [0.1, 0.15) is 13.8 Å². The Morgan fingerprint density at radius 2 is 1.44 bits per heavy atom. The molecule has 0 heterocycles. The van der Waals surface area contributed by atoms with E-state index in [0.29, 0.717) is 0 Å². The standard InChI is InChI=1S/C9H12F3NO5/c1-3-17-6(14)5(7(15)18-4-2)13-8(16)9(10,11)12/h5H,3-4H2,1-2H3,(H,13,16). The number of amides is 1. The van der Waals surface area contributed by atoms with Crippen LogP contribution < -0.4 is 5.32 Å². The molecule has 0 aromatic carbocycles. The predicted octanol–water partition coefficient (Wildman–Crippen LogP) is 0.160. The van der Waals surface area contributed by atoms with Crippen LogP contribution in [0.25, 0.3) is 0 Å². The van der Waals surface area contributed by atoms with E-state index in [-0.39, 0.29) is 13.2 Å². The van der Waals surface area contributed by atoms with Crippen molar-refractivity contribution in [1.29, 1.82) is 0 Å². The molecular formula is C9H12F3NO5. The van der Waals surface area contributed by atoms with Gasteiger partial charge >= 0.3 is 24.0 Å². The first kappa shape index (κ1) is 16.2. The fourth-order valence-corrected chi connectivity index (χ4v) is 0.878. The molecule has 9 heteroatoms. The molecule has 0 bridgehead atoms. The molecule has 0 unspecified atom stereocenters. The van der Waals surface area contributed by atoms with E-state index in [1.807, 2.05) is 0 Å². The van der Waals surface area contributed by atoms with Crippen molar-refractivity contribution in [2.75, 3.05) is 13.2 Å². The van der Waals surface area contributed by atoms with Gasteiger partial charge in [-0.2, -0.15) is 13.2 Å². The maximum absolute atomic E-state index is 12.0. The zero-order valence-corrected chi connectivity index (χ0v) is 9.67. The van der Waals surface area contributed by atoms with Gasteiger partial charge in [-0.1, -0.05) is 0 Å². The number of carbonyl (C=O) groups is 3. The van der Waals surface area contributed by atoms with Gasteiger partial charge in [-0.15, -0.1) is 0 Å². The highest BCUT2D eigenvalue weighted by atomic mass is 19.4. The van der Waals surface area contributed by atoms with Gasteiger partial charge in [0.1, 0.15) is 0 Å². The van der Waals surface area contributed by atoms with Crippen LogP contribution in [-0.4, -0.2) is 43.3 Å². The topological polar surface area (TPSA) is 81.7 Å². The van der Waals surface area contributed by atoms with Crippen molar-refractivity contribution < 1.29 is 37.0 Å². The highest BCUT2D eigenvalue weighted by Gasteiger charge is 2.43. The summed E-state index contributed by atoms with van der Waals surface area (Å²) in [5.41, 5.74) is 0. The Hall–Kier alpha value is -1.80. The number of alkyl halides is 3. The molecule has 1 amide bonds. The van der Waals surface area contributed by atoms with E-state index in [9.17, 15) is 27.6 Å². The number of rotatable bonds is 5. The van der Waals surface area contributed by atoms with Crippen molar-refractivity contribution in [3.63, 3.8) is 0 Å². The van der Waals surface area contributed by atoms with E-state index in [0.717, 1.165) is 0 Å². The van der Waals surface area contributed by atoms with Gasteiger partial charge in [-0.25, -0.2) is 9.59 Å². The lowest BCUT2D eigenvalue weighted by Crippen LogP contribution is -2.52. The summed E-state index contributed by atoms with van der Waals surface area (Å²) in [4.78, 5) is 33.1. The summed E-state index contributed by atoms with van der Waals surface area (Å²) in [5, 5.41) is 1.21. The Labute approximate surface area is 100 Å². The van der Waals surface area contributed by atoms with Crippen LogP contribution in [0, 0.1) is 0 Å². The smallest absolute Gasteiger partial charge is 0.464 e. The Balaban J connectivity index is 4.83. The lowest BCUT2D eigenvalue weighted by molar-refractivity contribution is -0.178. The molecule has 0 rings (SSSR count). The van der Waals surface area contributed by atoms with Gasteiger partial charge < -0.3 is 14.8 Å². The van der Waals surface area contributed by atoms with Gasteiger partial charge in [0.25, 0.3) is 0 Å². The summed E-state index contributed by atoms with van der Waals surface area (Å²) in [6.45, 7) is 2.48. The third-order valence-corrected chi connectivity index (χ3v) is 1.58. The van der Waals surface area contributed by atoms with Gasteiger partial charge in [0.15, 0.2) is 0 Å². The molecular weight excluding hydrogens is 259 g/mol. The number of nitrogens with one attached hydrogen (secondary N) is 1. The van der Waals surface area contributed by atoms with Crippen LogP contribution in [0.3, 0.4) is 0 Å². The summed E-state index contributed by atoms with van der Waals surface area (Å²) in [5.74, 6) is -5.05. The van der Waals surface area contributed by atoms with Crippen molar-refractivity contribution in [3.05, 3.63) is 0 Å². The highest BCUT2D eigenvalue weighted by molar-refractivity contribution is 6.03. The molecule has 0 aliphatic heterocycles. The van der Waals surface area contributed by atoms with Crippen molar-refractivity contribution in [1.82, 2.24) is 5.32 Å². The third-order valence-electron chi connectivity index (χ3n) is 1.58. The zero-order chi connectivity index (χ0) is 14.3. The van der Waals surface area contributed by atoms with Crippen molar-refractivity contribution >= 4 is 17.8 Å². The number of esters is 2. The monoisotopic (exact) mass is 271 g/mol. The van der Waals surface area contributed by atoms with Crippen LogP contribution in [0.5, 0.6) is 0 Å². The lowest BCUT2D eigenvalue weighted by Gasteiger charge is -2.16. The summed E-state index contributed by atoms with van der Waals surface area (Å²) >= 11 is 0. The second-order valence-corrected chi connectivity index (χ2v) is 2.91.